The molecular formula is C9H10BrNO3. The van der Waals surface area contributed by atoms with E-state index in [0.29, 0.717) is 10.0 Å². The number of aliphatic hydroxyl groups is 1. The molecule has 0 aliphatic carbocycles. The minimum Gasteiger partial charge on any atom is -0.480 e. The molecule has 0 heterocycles. The van der Waals surface area contributed by atoms with Crippen LogP contribution in [0.2, 0.25) is 0 Å². The first-order valence-electron chi connectivity index (χ1n) is 3.90. The molecule has 0 unspecified atom stereocenters. The highest BCUT2D eigenvalue weighted by molar-refractivity contribution is 9.10. The number of carbonyl (C=O) groups is 1. The molecule has 0 amide bonds. The summed E-state index contributed by atoms with van der Waals surface area (Å²) in [6, 6.07) is 6.65. The smallest absolute Gasteiger partial charge is 0.330 e. The Bertz CT molecular complexity index is 356. The molecule has 14 heavy (non-hydrogen) atoms. The number of halogens is 1. The normalized spacial score (nSPS) is 14.8. The summed E-state index contributed by atoms with van der Waals surface area (Å²) < 4.78 is 0.568. The molecule has 0 saturated heterocycles. The lowest BCUT2D eigenvalue weighted by Gasteiger charge is -2.23. The van der Waals surface area contributed by atoms with Gasteiger partial charge in [0.25, 0.3) is 0 Å². The fraction of sp³-hybridized carbons (Fsp3) is 0.222. The number of hydrogen-bond acceptors (Lipinski definition) is 3. The lowest BCUT2D eigenvalue weighted by atomic mass is 9.92. The Labute approximate surface area is 89.5 Å². The molecule has 1 aromatic rings. The van der Waals surface area contributed by atoms with Crippen molar-refractivity contribution in [1.82, 2.24) is 0 Å². The molecule has 0 radical (unpaired) electrons. The van der Waals surface area contributed by atoms with E-state index in [-0.39, 0.29) is 0 Å². The summed E-state index contributed by atoms with van der Waals surface area (Å²) in [6.07, 6.45) is 0. The van der Waals surface area contributed by atoms with E-state index in [2.05, 4.69) is 15.9 Å². The van der Waals surface area contributed by atoms with E-state index in [1.807, 2.05) is 0 Å². The van der Waals surface area contributed by atoms with Gasteiger partial charge in [-0.25, -0.2) is 4.79 Å². The van der Waals surface area contributed by atoms with Crippen molar-refractivity contribution >= 4 is 21.9 Å². The minimum absolute atomic E-state index is 0.356. The van der Waals surface area contributed by atoms with Gasteiger partial charge in [-0.05, 0) is 11.6 Å². The first-order chi connectivity index (χ1) is 6.52. The highest BCUT2D eigenvalue weighted by Crippen LogP contribution is 2.26. The van der Waals surface area contributed by atoms with Crippen LogP contribution in [0.4, 0.5) is 0 Å². The lowest BCUT2D eigenvalue weighted by molar-refractivity contribution is -0.145. The molecule has 1 aromatic carbocycles. The van der Waals surface area contributed by atoms with Gasteiger partial charge < -0.3 is 15.9 Å². The van der Waals surface area contributed by atoms with E-state index in [4.69, 9.17) is 15.9 Å². The van der Waals surface area contributed by atoms with Crippen molar-refractivity contribution in [3.63, 3.8) is 0 Å². The van der Waals surface area contributed by atoms with Gasteiger partial charge in [-0.3, -0.25) is 0 Å². The van der Waals surface area contributed by atoms with Crippen LogP contribution < -0.4 is 5.73 Å². The Hall–Kier alpha value is -0.910. The second kappa shape index (κ2) is 4.08. The molecule has 76 valence electrons. The molecule has 0 saturated carbocycles. The first kappa shape index (κ1) is 11.2. The van der Waals surface area contributed by atoms with Gasteiger partial charge in [-0.15, -0.1) is 0 Å². The van der Waals surface area contributed by atoms with Crippen LogP contribution in [0.1, 0.15) is 5.56 Å². The topological polar surface area (TPSA) is 83.5 Å². The van der Waals surface area contributed by atoms with Gasteiger partial charge in [0.1, 0.15) is 0 Å². The molecule has 1 rings (SSSR count). The fourth-order valence-electron chi connectivity index (χ4n) is 1.09. The number of aliphatic carboxylic acids is 1. The van der Waals surface area contributed by atoms with Crippen molar-refractivity contribution in [3.05, 3.63) is 34.3 Å². The second-order valence-electron chi connectivity index (χ2n) is 2.91. The molecule has 0 aromatic heterocycles. The van der Waals surface area contributed by atoms with Crippen LogP contribution in [0, 0.1) is 0 Å². The van der Waals surface area contributed by atoms with Crippen molar-refractivity contribution in [1.29, 1.82) is 0 Å². The quantitative estimate of drug-likeness (QED) is 0.746. The SMILES string of the molecule is N[C@@](CO)(C(=O)O)c1ccccc1Br. The van der Waals surface area contributed by atoms with E-state index < -0.39 is 18.1 Å². The standard InChI is InChI=1S/C9H10BrNO3/c10-7-4-2-1-3-6(7)9(11,5-12)8(13)14/h1-4,12H,5,11H2,(H,13,14)/t9-/m1/s1. The van der Waals surface area contributed by atoms with E-state index in [0.717, 1.165) is 0 Å². The number of nitrogens with two attached hydrogens (primary N) is 1. The Kier molecular flexibility index (Phi) is 3.25. The molecule has 0 spiro atoms. The van der Waals surface area contributed by atoms with Crippen LogP contribution in [0.15, 0.2) is 28.7 Å². The van der Waals surface area contributed by atoms with Crippen LogP contribution in [0.3, 0.4) is 0 Å². The van der Waals surface area contributed by atoms with Gasteiger partial charge in [-0.1, -0.05) is 34.1 Å². The predicted octanol–water partition coefficient (Wildman–Crippen LogP) is 0.680. The zero-order valence-electron chi connectivity index (χ0n) is 7.27. The van der Waals surface area contributed by atoms with Crippen molar-refractivity contribution in [2.75, 3.05) is 6.61 Å². The molecule has 5 heteroatoms. The number of hydrogen-bond donors (Lipinski definition) is 3. The maximum Gasteiger partial charge on any atom is 0.330 e. The Balaban J connectivity index is 3.26. The van der Waals surface area contributed by atoms with E-state index in [1.54, 1.807) is 24.3 Å². The average molecular weight is 260 g/mol. The van der Waals surface area contributed by atoms with E-state index >= 15 is 0 Å². The zero-order chi connectivity index (χ0) is 10.8. The minimum atomic E-state index is -1.75. The van der Waals surface area contributed by atoms with Gasteiger partial charge in [0.15, 0.2) is 5.54 Å². The number of aliphatic hydroxyl groups excluding tert-OH is 1. The van der Waals surface area contributed by atoms with E-state index in [9.17, 15) is 4.79 Å². The van der Waals surface area contributed by atoms with Crippen LogP contribution in [0.25, 0.3) is 0 Å². The molecule has 4 N–H and O–H groups in total. The highest BCUT2D eigenvalue weighted by Gasteiger charge is 2.36. The summed E-state index contributed by atoms with van der Waals surface area (Å²) in [7, 11) is 0. The van der Waals surface area contributed by atoms with Gasteiger partial charge in [0, 0.05) is 4.47 Å². The van der Waals surface area contributed by atoms with Crippen molar-refractivity contribution in [3.8, 4) is 0 Å². The largest absolute Gasteiger partial charge is 0.480 e. The van der Waals surface area contributed by atoms with Gasteiger partial charge in [0.05, 0.1) is 6.61 Å². The van der Waals surface area contributed by atoms with Crippen LogP contribution >= 0.6 is 15.9 Å². The molecule has 0 fully saturated rings. The predicted molar refractivity (Wildman–Crippen MR) is 54.7 cm³/mol. The fourth-order valence-corrected chi connectivity index (χ4v) is 1.73. The molecule has 1 atom stereocenters. The summed E-state index contributed by atoms with van der Waals surface area (Å²) >= 11 is 3.19. The molecule has 0 bridgehead atoms. The summed E-state index contributed by atoms with van der Waals surface area (Å²) in [4.78, 5) is 10.9. The first-order valence-corrected chi connectivity index (χ1v) is 4.70. The zero-order valence-corrected chi connectivity index (χ0v) is 8.86. The number of carboxylic acids is 1. The summed E-state index contributed by atoms with van der Waals surface area (Å²) in [5, 5.41) is 17.9. The third kappa shape index (κ3) is 1.79. The highest BCUT2D eigenvalue weighted by atomic mass is 79.9. The number of carboxylic acid groups (broad SMARTS) is 1. The third-order valence-electron chi connectivity index (χ3n) is 1.99. The monoisotopic (exact) mass is 259 g/mol. The molecule has 4 nitrogen and oxygen atoms in total. The van der Waals surface area contributed by atoms with Crippen molar-refractivity contribution in [2.24, 2.45) is 5.73 Å². The third-order valence-corrected chi connectivity index (χ3v) is 2.68. The Morgan fingerprint density at radius 1 is 1.50 bits per heavy atom. The summed E-state index contributed by atoms with van der Waals surface area (Å²) in [5.74, 6) is -1.26. The molecule has 0 aliphatic rings. The maximum atomic E-state index is 10.9. The van der Waals surface area contributed by atoms with Crippen LogP contribution in [-0.2, 0) is 10.3 Å². The van der Waals surface area contributed by atoms with Gasteiger partial charge >= 0.3 is 5.97 Å². The van der Waals surface area contributed by atoms with Gasteiger partial charge in [0.2, 0.25) is 0 Å². The lowest BCUT2D eigenvalue weighted by Crippen LogP contribution is -2.48. The maximum absolute atomic E-state index is 10.9. The van der Waals surface area contributed by atoms with Crippen LogP contribution in [-0.4, -0.2) is 22.8 Å². The van der Waals surface area contributed by atoms with Crippen LogP contribution in [0.5, 0.6) is 0 Å². The van der Waals surface area contributed by atoms with Gasteiger partial charge in [-0.2, -0.15) is 0 Å². The Morgan fingerprint density at radius 3 is 2.50 bits per heavy atom. The van der Waals surface area contributed by atoms with Crippen molar-refractivity contribution in [2.45, 2.75) is 5.54 Å². The van der Waals surface area contributed by atoms with Crippen molar-refractivity contribution < 1.29 is 15.0 Å². The molecular weight excluding hydrogens is 250 g/mol. The van der Waals surface area contributed by atoms with E-state index in [1.165, 1.54) is 0 Å². The summed E-state index contributed by atoms with van der Waals surface area (Å²) in [6.45, 7) is -0.648. The summed E-state index contributed by atoms with van der Waals surface area (Å²) in [5.41, 5.74) is 4.19. The Morgan fingerprint density at radius 2 is 2.07 bits per heavy atom. The number of benzene rings is 1. The molecule has 0 aliphatic heterocycles. The number of rotatable bonds is 3. The average Bonchev–Trinajstić information content (AvgIpc) is 2.17. The second-order valence-corrected chi connectivity index (χ2v) is 3.77.